The molecule has 5 heteroatoms. The van der Waals surface area contributed by atoms with Crippen LogP contribution in [0.5, 0.6) is 5.75 Å². The van der Waals surface area contributed by atoms with E-state index in [4.69, 9.17) is 4.74 Å². The monoisotopic (exact) mass is 415 g/mol. The summed E-state index contributed by atoms with van der Waals surface area (Å²) in [6, 6.07) is 21.9. The van der Waals surface area contributed by atoms with E-state index in [0.717, 1.165) is 16.9 Å². The molecule has 4 rings (SSSR count). The molecule has 5 nitrogen and oxygen atoms in total. The minimum atomic E-state index is -1.89. The zero-order chi connectivity index (χ0) is 22.0. The van der Waals surface area contributed by atoms with Crippen molar-refractivity contribution in [1.82, 2.24) is 0 Å². The van der Waals surface area contributed by atoms with E-state index >= 15 is 0 Å². The highest BCUT2D eigenvalue weighted by Gasteiger charge is 2.50. The molecule has 0 saturated heterocycles. The average Bonchev–Trinajstić information content (AvgIpc) is 2.96. The Morgan fingerprint density at radius 1 is 0.968 bits per heavy atom. The molecule has 1 atom stereocenters. The standard InChI is InChI=1S/C26H25NO4/c1-18-10-12-20(13-11-18)24(28)17-26(30)22-8-3-4-9-23(22)27(25(26)29)14-15-31-21-7-5-6-19(2)16-21/h3-13,16,30H,14-15,17H2,1-2H3. The third kappa shape index (κ3) is 4.09. The number of Topliss-reactive ketones (excluding diaryl/α,β-unsaturated/α-hetero) is 1. The van der Waals surface area contributed by atoms with Crippen LogP contribution in [0.15, 0.2) is 72.8 Å². The number of ketones is 1. The number of aryl methyl sites for hydroxylation is 2. The number of para-hydroxylation sites is 1. The maximum atomic E-state index is 13.3. The van der Waals surface area contributed by atoms with E-state index in [1.165, 1.54) is 4.90 Å². The smallest absolute Gasteiger partial charge is 0.264 e. The van der Waals surface area contributed by atoms with Gasteiger partial charge in [-0.15, -0.1) is 0 Å². The highest BCUT2D eigenvalue weighted by atomic mass is 16.5. The Morgan fingerprint density at radius 3 is 2.45 bits per heavy atom. The Balaban J connectivity index is 1.53. The molecule has 0 aromatic heterocycles. The molecular weight excluding hydrogens is 390 g/mol. The van der Waals surface area contributed by atoms with Gasteiger partial charge in [0, 0.05) is 11.1 Å². The number of fused-ring (bicyclic) bond motifs is 1. The summed E-state index contributed by atoms with van der Waals surface area (Å²) in [5, 5.41) is 11.4. The van der Waals surface area contributed by atoms with Crippen LogP contribution < -0.4 is 9.64 Å². The van der Waals surface area contributed by atoms with Crippen molar-refractivity contribution in [2.24, 2.45) is 0 Å². The molecule has 158 valence electrons. The highest BCUT2D eigenvalue weighted by Crippen LogP contribution is 2.42. The lowest BCUT2D eigenvalue weighted by molar-refractivity contribution is -0.135. The summed E-state index contributed by atoms with van der Waals surface area (Å²) in [6.45, 7) is 4.46. The molecule has 1 amide bonds. The van der Waals surface area contributed by atoms with Gasteiger partial charge in [-0.1, -0.05) is 60.2 Å². The number of benzene rings is 3. The molecule has 3 aromatic rings. The van der Waals surface area contributed by atoms with Gasteiger partial charge in [0.05, 0.1) is 18.7 Å². The normalized spacial score (nSPS) is 17.5. The number of aliphatic hydroxyl groups is 1. The first-order valence-corrected chi connectivity index (χ1v) is 10.3. The second-order valence-corrected chi connectivity index (χ2v) is 7.97. The van der Waals surface area contributed by atoms with E-state index in [1.54, 1.807) is 30.3 Å². The summed E-state index contributed by atoms with van der Waals surface area (Å²) >= 11 is 0. The molecule has 0 spiro atoms. The van der Waals surface area contributed by atoms with Gasteiger partial charge in [0.25, 0.3) is 5.91 Å². The Hall–Kier alpha value is -3.44. The second kappa shape index (κ2) is 8.36. The van der Waals surface area contributed by atoms with Gasteiger partial charge in [-0.3, -0.25) is 9.59 Å². The molecule has 1 unspecified atom stereocenters. The van der Waals surface area contributed by atoms with E-state index in [9.17, 15) is 14.7 Å². The number of hydrogen-bond donors (Lipinski definition) is 1. The zero-order valence-electron chi connectivity index (χ0n) is 17.7. The number of carbonyl (C=O) groups excluding carboxylic acids is 2. The van der Waals surface area contributed by atoms with Crippen LogP contribution in [0.4, 0.5) is 5.69 Å². The molecular formula is C26H25NO4. The summed E-state index contributed by atoms with van der Waals surface area (Å²) in [4.78, 5) is 27.6. The van der Waals surface area contributed by atoms with Gasteiger partial charge in [-0.05, 0) is 37.6 Å². The van der Waals surface area contributed by atoms with Crippen molar-refractivity contribution < 1.29 is 19.4 Å². The van der Waals surface area contributed by atoms with Crippen LogP contribution in [0.25, 0.3) is 0 Å². The van der Waals surface area contributed by atoms with E-state index in [2.05, 4.69) is 0 Å². The third-order valence-electron chi connectivity index (χ3n) is 5.60. The number of rotatable bonds is 7. The van der Waals surface area contributed by atoms with Gasteiger partial charge in [0.1, 0.15) is 12.4 Å². The SMILES string of the molecule is Cc1ccc(C(=O)CC2(O)C(=O)N(CCOc3cccc(C)c3)c3ccccc32)cc1. The zero-order valence-corrected chi connectivity index (χ0v) is 17.7. The van der Waals surface area contributed by atoms with Crippen molar-refractivity contribution in [3.8, 4) is 5.75 Å². The maximum absolute atomic E-state index is 13.3. The molecule has 1 N–H and O–H groups in total. The van der Waals surface area contributed by atoms with Crippen molar-refractivity contribution in [3.63, 3.8) is 0 Å². The van der Waals surface area contributed by atoms with Crippen molar-refractivity contribution >= 4 is 17.4 Å². The summed E-state index contributed by atoms with van der Waals surface area (Å²) in [5.74, 6) is -0.0461. The van der Waals surface area contributed by atoms with Gasteiger partial charge in [0.2, 0.25) is 0 Å². The van der Waals surface area contributed by atoms with Gasteiger partial charge in [0.15, 0.2) is 11.4 Å². The lowest BCUT2D eigenvalue weighted by Crippen LogP contribution is -2.43. The second-order valence-electron chi connectivity index (χ2n) is 7.97. The van der Waals surface area contributed by atoms with Gasteiger partial charge >= 0.3 is 0 Å². The number of carbonyl (C=O) groups is 2. The van der Waals surface area contributed by atoms with Crippen LogP contribution in [0.3, 0.4) is 0 Å². The van der Waals surface area contributed by atoms with Crippen LogP contribution >= 0.6 is 0 Å². The predicted molar refractivity (Wildman–Crippen MR) is 119 cm³/mol. The number of nitrogens with zero attached hydrogens (tertiary/aromatic N) is 1. The van der Waals surface area contributed by atoms with Crippen LogP contribution in [0.1, 0.15) is 33.5 Å². The Bertz CT molecular complexity index is 1120. The highest BCUT2D eigenvalue weighted by molar-refractivity contribution is 6.10. The van der Waals surface area contributed by atoms with Gasteiger partial charge < -0.3 is 14.7 Å². The molecule has 1 aliphatic rings. The Kier molecular flexibility index (Phi) is 5.61. The number of anilines is 1. The van der Waals surface area contributed by atoms with E-state index in [0.29, 0.717) is 16.8 Å². The Morgan fingerprint density at radius 2 is 1.71 bits per heavy atom. The maximum Gasteiger partial charge on any atom is 0.264 e. The molecule has 0 aliphatic carbocycles. The predicted octanol–water partition coefficient (Wildman–Crippen LogP) is 4.19. The van der Waals surface area contributed by atoms with E-state index < -0.39 is 11.5 Å². The topological polar surface area (TPSA) is 66.8 Å². The van der Waals surface area contributed by atoms with E-state index in [-0.39, 0.29) is 25.4 Å². The first-order chi connectivity index (χ1) is 14.9. The largest absolute Gasteiger partial charge is 0.492 e. The fraction of sp³-hybridized carbons (Fsp3) is 0.231. The summed E-state index contributed by atoms with van der Waals surface area (Å²) in [6.07, 6.45) is -0.304. The van der Waals surface area contributed by atoms with Crippen LogP contribution in [0, 0.1) is 13.8 Å². The molecule has 0 saturated carbocycles. The number of ether oxygens (including phenoxy) is 1. The summed E-state index contributed by atoms with van der Waals surface area (Å²) in [5.41, 5.74) is 1.78. The lowest BCUT2D eigenvalue weighted by Gasteiger charge is -2.23. The van der Waals surface area contributed by atoms with Crippen LogP contribution in [0.2, 0.25) is 0 Å². The fourth-order valence-corrected chi connectivity index (χ4v) is 3.93. The third-order valence-corrected chi connectivity index (χ3v) is 5.60. The molecule has 3 aromatic carbocycles. The average molecular weight is 415 g/mol. The first kappa shape index (κ1) is 20.8. The quantitative estimate of drug-likeness (QED) is 0.588. The van der Waals surface area contributed by atoms with E-state index in [1.807, 2.05) is 56.3 Å². The molecule has 1 aliphatic heterocycles. The number of hydrogen-bond acceptors (Lipinski definition) is 4. The Labute approximate surface area is 181 Å². The molecule has 31 heavy (non-hydrogen) atoms. The van der Waals surface area contributed by atoms with Crippen molar-refractivity contribution in [3.05, 3.63) is 95.1 Å². The van der Waals surface area contributed by atoms with Crippen LogP contribution in [-0.4, -0.2) is 29.9 Å². The van der Waals surface area contributed by atoms with Crippen molar-refractivity contribution in [1.29, 1.82) is 0 Å². The first-order valence-electron chi connectivity index (χ1n) is 10.3. The minimum Gasteiger partial charge on any atom is -0.492 e. The number of amides is 1. The molecule has 0 radical (unpaired) electrons. The molecule has 1 heterocycles. The molecule has 0 fully saturated rings. The lowest BCUT2D eigenvalue weighted by atomic mass is 9.88. The van der Waals surface area contributed by atoms with Gasteiger partial charge in [-0.2, -0.15) is 0 Å². The molecule has 0 bridgehead atoms. The summed E-state index contributed by atoms with van der Waals surface area (Å²) < 4.78 is 5.80. The van der Waals surface area contributed by atoms with Crippen molar-refractivity contribution in [2.45, 2.75) is 25.9 Å². The van der Waals surface area contributed by atoms with Gasteiger partial charge in [-0.25, -0.2) is 0 Å². The van der Waals surface area contributed by atoms with Crippen LogP contribution in [-0.2, 0) is 10.4 Å². The fourth-order valence-electron chi connectivity index (χ4n) is 3.93. The summed E-state index contributed by atoms with van der Waals surface area (Å²) in [7, 11) is 0. The minimum absolute atomic E-state index is 0.269. The van der Waals surface area contributed by atoms with Crippen molar-refractivity contribution in [2.75, 3.05) is 18.1 Å².